The Kier molecular flexibility index (Phi) is 4.09. The molecule has 3 aromatic rings. The van der Waals surface area contributed by atoms with Gasteiger partial charge in [0, 0.05) is 42.6 Å². The molecule has 120 valence electrons. The Labute approximate surface area is 145 Å². The van der Waals surface area contributed by atoms with E-state index in [4.69, 9.17) is 4.98 Å². The highest BCUT2D eigenvalue weighted by atomic mass is 32.1. The zero-order valence-electron chi connectivity index (χ0n) is 13.5. The summed E-state index contributed by atoms with van der Waals surface area (Å²) >= 11 is 1.48. The molecular formula is C19H18N4S. The van der Waals surface area contributed by atoms with Gasteiger partial charge in [0.25, 0.3) is 0 Å². The summed E-state index contributed by atoms with van der Waals surface area (Å²) in [6.45, 7) is 3.95. The molecule has 0 fully saturated rings. The van der Waals surface area contributed by atoms with Gasteiger partial charge >= 0.3 is 0 Å². The summed E-state index contributed by atoms with van der Waals surface area (Å²) in [5.41, 5.74) is 4.88. The Bertz CT molecular complexity index is 870. The van der Waals surface area contributed by atoms with E-state index in [1.165, 1.54) is 28.2 Å². The van der Waals surface area contributed by atoms with Crippen molar-refractivity contribution in [1.29, 1.82) is 0 Å². The van der Waals surface area contributed by atoms with Gasteiger partial charge in [-0.15, -0.1) is 0 Å². The first-order valence-electron chi connectivity index (χ1n) is 8.05. The second-order valence-electron chi connectivity index (χ2n) is 5.89. The van der Waals surface area contributed by atoms with Crippen molar-refractivity contribution >= 4 is 22.2 Å². The molecule has 4 nitrogen and oxygen atoms in total. The molecule has 4 rings (SSSR count). The lowest BCUT2D eigenvalue weighted by Gasteiger charge is -2.26. The molecule has 0 radical (unpaired) electrons. The van der Waals surface area contributed by atoms with E-state index in [0.717, 1.165) is 36.0 Å². The predicted molar refractivity (Wildman–Crippen MR) is 99.1 cm³/mol. The number of pyridine rings is 1. The minimum absolute atomic E-state index is 0.827. The van der Waals surface area contributed by atoms with Crippen LogP contribution in [-0.4, -0.2) is 27.4 Å². The van der Waals surface area contributed by atoms with Crippen molar-refractivity contribution in [1.82, 2.24) is 14.3 Å². The first-order chi connectivity index (χ1) is 11.8. The summed E-state index contributed by atoms with van der Waals surface area (Å²) in [7, 11) is 0. The topological polar surface area (TPSA) is 41.9 Å². The van der Waals surface area contributed by atoms with E-state index in [-0.39, 0.29) is 0 Å². The number of aromatic nitrogens is 3. The third-order valence-electron chi connectivity index (χ3n) is 4.27. The molecule has 0 saturated heterocycles. The maximum atomic E-state index is 4.79. The third kappa shape index (κ3) is 2.95. The lowest BCUT2D eigenvalue weighted by atomic mass is 10.0. The Morgan fingerprint density at radius 2 is 1.92 bits per heavy atom. The smallest absolute Gasteiger partial charge is 0.205 e. The average Bonchev–Trinajstić information content (AvgIpc) is 3.13. The number of nitrogens with zero attached hydrogens (tertiary/aromatic N) is 4. The molecule has 0 N–H and O–H groups in total. The number of benzene rings is 1. The molecule has 0 spiro atoms. The molecule has 1 aliphatic rings. The minimum Gasteiger partial charge on any atom is -0.342 e. The van der Waals surface area contributed by atoms with Gasteiger partial charge in [0.1, 0.15) is 0 Å². The zero-order chi connectivity index (χ0) is 16.4. The van der Waals surface area contributed by atoms with Crippen LogP contribution in [0, 0.1) is 6.92 Å². The van der Waals surface area contributed by atoms with Crippen LogP contribution in [0.1, 0.15) is 17.5 Å². The lowest BCUT2D eigenvalue weighted by Crippen LogP contribution is -2.29. The van der Waals surface area contributed by atoms with E-state index in [1.807, 2.05) is 24.5 Å². The Balaban J connectivity index is 1.57. The van der Waals surface area contributed by atoms with Crippen molar-refractivity contribution in [2.75, 3.05) is 18.0 Å². The molecule has 24 heavy (non-hydrogen) atoms. The van der Waals surface area contributed by atoms with E-state index in [0.29, 0.717) is 0 Å². The number of hydrogen-bond donors (Lipinski definition) is 0. The van der Waals surface area contributed by atoms with Crippen LogP contribution in [0.15, 0.2) is 54.9 Å². The highest BCUT2D eigenvalue weighted by Gasteiger charge is 2.19. The molecule has 5 heteroatoms. The fourth-order valence-corrected chi connectivity index (χ4v) is 3.67. The van der Waals surface area contributed by atoms with Crippen molar-refractivity contribution < 1.29 is 0 Å². The number of aryl methyl sites for hydroxylation is 1. The second-order valence-corrected chi connectivity index (χ2v) is 6.62. The standard InChI is InChI=1S/C19H18N4S/c1-14-5-2-3-7-17(14)18-21-19(24-22-18)23-12-4-6-16(13-23)15-8-10-20-11-9-15/h2-3,5-11H,4,12-13H2,1H3. The van der Waals surface area contributed by atoms with E-state index in [9.17, 15) is 0 Å². The Hall–Kier alpha value is -2.53. The van der Waals surface area contributed by atoms with E-state index < -0.39 is 0 Å². The number of anilines is 1. The zero-order valence-corrected chi connectivity index (χ0v) is 14.3. The Morgan fingerprint density at radius 3 is 2.75 bits per heavy atom. The molecule has 0 atom stereocenters. The van der Waals surface area contributed by atoms with Gasteiger partial charge in [0.15, 0.2) is 5.82 Å². The van der Waals surface area contributed by atoms with Crippen molar-refractivity contribution in [3.8, 4) is 11.4 Å². The largest absolute Gasteiger partial charge is 0.342 e. The fourth-order valence-electron chi connectivity index (χ4n) is 2.96. The van der Waals surface area contributed by atoms with Gasteiger partial charge in [-0.25, -0.2) is 0 Å². The SMILES string of the molecule is Cc1ccccc1-c1nsc(N2CCC=C(c3ccncc3)C2)n1. The molecule has 1 aliphatic heterocycles. The minimum atomic E-state index is 0.827. The van der Waals surface area contributed by atoms with Gasteiger partial charge in [-0.2, -0.15) is 9.36 Å². The molecule has 3 heterocycles. The summed E-state index contributed by atoms with van der Waals surface area (Å²) in [6, 6.07) is 12.4. The predicted octanol–water partition coefficient (Wildman–Crippen LogP) is 4.20. The van der Waals surface area contributed by atoms with Crippen LogP contribution in [0.4, 0.5) is 5.13 Å². The van der Waals surface area contributed by atoms with Gasteiger partial charge in [0.05, 0.1) is 0 Å². The highest BCUT2D eigenvalue weighted by Crippen LogP contribution is 2.29. The van der Waals surface area contributed by atoms with Crippen LogP contribution in [0.3, 0.4) is 0 Å². The van der Waals surface area contributed by atoms with Crippen LogP contribution >= 0.6 is 11.5 Å². The fraction of sp³-hybridized carbons (Fsp3) is 0.211. The van der Waals surface area contributed by atoms with E-state index >= 15 is 0 Å². The summed E-state index contributed by atoms with van der Waals surface area (Å²) in [6.07, 6.45) is 7.03. The maximum absolute atomic E-state index is 4.79. The first kappa shape index (κ1) is 15.0. The van der Waals surface area contributed by atoms with Gasteiger partial charge in [-0.3, -0.25) is 4.98 Å². The van der Waals surface area contributed by atoms with Crippen LogP contribution < -0.4 is 4.90 Å². The number of rotatable bonds is 3. The monoisotopic (exact) mass is 334 g/mol. The summed E-state index contributed by atoms with van der Waals surface area (Å²) in [5.74, 6) is 0.827. The van der Waals surface area contributed by atoms with E-state index in [1.54, 1.807) is 0 Å². The normalized spacial score (nSPS) is 14.5. The molecule has 0 bridgehead atoms. The molecule has 0 amide bonds. The van der Waals surface area contributed by atoms with Crippen molar-refractivity contribution in [3.05, 3.63) is 66.0 Å². The third-order valence-corrected chi connectivity index (χ3v) is 5.05. The van der Waals surface area contributed by atoms with Crippen LogP contribution in [0.5, 0.6) is 0 Å². The van der Waals surface area contributed by atoms with Crippen molar-refractivity contribution in [2.45, 2.75) is 13.3 Å². The van der Waals surface area contributed by atoms with Crippen LogP contribution in [0.25, 0.3) is 17.0 Å². The van der Waals surface area contributed by atoms with Gasteiger partial charge in [-0.05, 0) is 42.2 Å². The second kappa shape index (κ2) is 6.53. The van der Waals surface area contributed by atoms with Crippen molar-refractivity contribution in [3.63, 3.8) is 0 Å². The van der Waals surface area contributed by atoms with Gasteiger partial charge < -0.3 is 4.90 Å². The van der Waals surface area contributed by atoms with Crippen LogP contribution in [-0.2, 0) is 0 Å². The van der Waals surface area contributed by atoms with Crippen LogP contribution in [0.2, 0.25) is 0 Å². The molecule has 1 aromatic carbocycles. The quantitative estimate of drug-likeness (QED) is 0.720. The first-order valence-corrected chi connectivity index (χ1v) is 8.83. The molecule has 0 unspecified atom stereocenters. The summed E-state index contributed by atoms with van der Waals surface area (Å²) < 4.78 is 4.58. The van der Waals surface area contributed by atoms with Gasteiger partial charge in [-0.1, -0.05) is 30.3 Å². The Morgan fingerprint density at radius 1 is 1.08 bits per heavy atom. The molecule has 0 aliphatic carbocycles. The molecular weight excluding hydrogens is 316 g/mol. The van der Waals surface area contributed by atoms with Gasteiger partial charge in [0.2, 0.25) is 5.13 Å². The highest BCUT2D eigenvalue weighted by molar-refractivity contribution is 7.09. The summed E-state index contributed by atoms with van der Waals surface area (Å²) in [5, 5.41) is 0.993. The average molecular weight is 334 g/mol. The van der Waals surface area contributed by atoms with E-state index in [2.05, 4.69) is 51.5 Å². The molecule has 2 aromatic heterocycles. The summed E-state index contributed by atoms with van der Waals surface area (Å²) in [4.78, 5) is 11.2. The van der Waals surface area contributed by atoms with Crippen molar-refractivity contribution in [2.24, 2.45) is 0 Å². The lowest BCUT2D eigenvalue weighted by molar-refractivity contribution is 0.827. The maximum Gasteiger partial charge on any atom is 0.205 e. The number of hydrogen-bond acceptors (Lipinski definition) is 5. The molecule has 0 saturated carbocycles.